The summed E-state index contributed by atoms with van der Waals surface area (Å²) in [6.45, 7) is 0.420. The van der Waals surface area contributed by atoms with Gasteiger partial charge < -0.3 is 10.8 Å². The molecule has 1 heterocycles. The minimum absolute atomic E-state index is 0.0719. The van der Waals surface area contributed by atoms with Crippen molar-refractivity contribution in [3.63, 3.8) is 0 Å². The van der Waals surface area contributed by atoms with Crippen LogP contribution in [0.2, 0.25) is 0 Å². The predicted molar refractivity (Wildman–Crippen MR) is 86.8 cm³/mol. The smallest absolute Gasteiger partial charge is 0.215 e. The Bertz CT molecular complexity index is 563. The van der Waals surface area contributed by atoms with Crippen molar-refractivity contribution in [2.75, 3.05) is 30.4 Å². The number of anilines is 1. The zero-order chi connectivity index (χ0) is 15.3. The number of nitrogen functional groups attached to an aromatic ring is 1. The first-order chi connectivity index (χ1) is 10.0. The summed E-state index contributed by atoms with van der Waals surface area (Å²) in [5.41, 5.74) is 6.52. The molecular formula is C14H22N2O3S2. The third-order valence-corrected chi connectivity index (χ3v) is 6.92. The van der Waals surface area contributed by atoms with Crippen molar-refractivity contribution in [1.29, 1.82) is 0 Å². The maximum atomic E-state index is 12.4. The molecule has 0 spiro atoms. The van der Waals surface area contributed by atoms with Gasteiger partial charge in [0.2, 0.25) is 10.0 Å². The van der Waals surface area contributed by atoms with Crippen LogP contribution in [0.3, 0.4) is 0 Å². The lowest BCUT2D eigenvalue weighted by molar-refractivity contribution is 0.155. The fourth-order valence-corrected chi connectivity index (χ4v) is 5.58. The molecule has 1 aromatic carbocycles. The summed E-state index contributed by atoms with van der Waals surface area (Å²) < 4.78 is 26.3. The number of aliphatic hydroxyl groups excluding tert-OH is 1. The van der Waals surface area contributed by atoms with E-state index >= 15 is 0 Å². The van der Waals surface area contributed by atoms with Crippen LogP contribution in [-0.4, -0.2) is 48.5 Å². The molecular weight excluding hydrogens is 308 g/mol. The maximum absolute atomic E-state index is 12.4. The van der Waals surface area contributed by atoms with Crippen molar-refractivity contribution < 1.29 is 13.5 Å². The highest BCUT2D eigenvalue weighted by Crippen LogP contribution is 2.26. The molecule has 118 valence electrons. The molecule has 7 heteroatoms. The van der Waals surface area contributed by atoms with Crippen LogP contribution >= 0.6 is 11.8 Å². The summed E-state index contributed by atoms with van der Waals surface area (Å²) in [6, 6.07) is 7.19. The highest BCUT2D eigenvalue weighted by molar-refractivity contribution is 8.00. The van der Waals surface area contributed by atoms with Crippen LogP contribution in [0.4, 0.5) is 5.69 Å². The van der Waals surface area contributed by atoms with Gasteiger partial charge in [-0.15, -0.1) is 11.8 Å². The number of nitrogens with zero attached hydrogens (tertiary/aromatic N) is 1. The molecule has 0 bridgehead atoms. The van der Waals surface area contributed by atoms with Gasteiger partial charge in [-0.25, -0.2) is 8.42 Å². The molecule has 2 rings (SSSR count). The molecule has 3 N–H and O–H groups in total. The highest BCUT2D eigenvalue weighted by Gasteiger charge is 2.31. The first-order valence-electron chi connectivity index (χ1n) is 7.12. The van der Waals surface area contributed by atoms with Crippen LogP contribution < -0.4 is 5.73 Å². The van der Waals surface area contributed by atoms with Crippen LogP contribution in [-0.2, 0) is 10.0 Å². The second kappa shape index (κ2) is 7.49. The van der Waals surface area contributed by atoms with Crippen molar-refractivity contribution in [2.45, 2.75) is 30.2 Å². The molecule has 21 heavy (non-hydrogen) atoms. The van der Waals surface area contributed by atoms with Gasteiger partial charge >= 0.3 is 0 Å². The van der Waals surface area contributed by atoms with E-state index in [4.69, 9.17) is 5.73 Å². The summed E-state index contributed by atoms with van der Waals surface area (Å²) in [5, 5.41) is 9.34. The number of thioether (sulfide) groups is 1. The first-order valence-corrected chi connectivity index (χ1v) is 9.72. The first kappa shape index (κ1) is 16.6. The van der Waals surface area contributed by atoms with Gasteiger partial charge in [0.05, 0.1) is 12.4 Å². The summed E-state index contributed by atoms with van der Waals surface area (Å²) in [5.74, 6) is 0.535. The fraction of sp³-hybridized carbons (Fsp3) is 0.571. The minimum Gasteiger partial charge on any atom is -0.398 e. The molecule has 0 saturated carbocycles. The standard InChI is InChI=1S/C14H22N2O3S2/c15-13-6-1-2-7-14(13)20-9-10-21(18,19)16-8-4-3-5-12(16)11-17/h1-2,6-7,12,17H,3-5,8-11,15H2. The number of piperidine rings is 1. The third-order valence-electron chi connectivity index (χ3n) is 3.66. The van der Waals surface area contributed by atoms with E-state index in [-0.39, 0.29) is 18.4 Å². The fourth-order valence-electron chi connectivity index (χ4n) is 2.51. The summed E-state index contributed by atoms with van der Waals surface area (Å²) >= 11 is 1.45. The Morgan fingerprint density at radius 1 is 1.33 bits per heavy atom. The Labute approximate surface area is 130 Å². The lowest BCUT2D eigenvalue weighted by Crippen LogP contribution is -2.46. The van der Waals surface area contributed by atoms with Crippen molar-refractivity contribution in [3.8, 4) is 0 Å². The molecule has 1 atom stereocenters. The number of aliphatic hydroxyl groups is 1. The molecule has 1 aromatic rings. The summed E-state index contributed by atoms with van der Waals surface area (Å²) in [4.78, 5) is 0.907. The Morgan fingerprint density at radius 3 is 2.81 bits per heavy atom. The topological polar surface area (TPSA) is 83.6 Å². The van der Waals surface area contributed by atoms with Crippen LogP contribution in [0, 0.1) is 0 Å². The molecule has 1 unspecified atom stereocenters. The monoisotopic (exact) mass is 330 g/mol. The molecule has 1 aliphatic heterocycles. The van der Waals surface area contributed by atoms with E-state index in [9.17, 15) is 13.5 Å². The molecule has 0 aliphatic carbocycles. The molecule has 5 nitrogen and oxygen atoms in total. The van der Waals surface area contributed by atoms with Gasteiger partial charge in [0.15, 0.2) is 0 Å². The van der Waals surface area contributed by atoms with Gasteiger partial charge in [0.25, 0.3) is 0 Å². The molecule has 0 aromatic heterocycles. The second-order valence-electron chi connectivity index (χ2n) is 5.15. The van der Waals surface area contributed by atoms with E-state index in [1.807, 2.05) is 24.3 Å². The zero-order valence-electron chi connectivity index (χ0n) is 11.9. The second-order valence-corrected chi connectivity index (χ2v) is 8.32. The maximum Gasteiger partial charge on any atom is 0.215 e. The Kier molecular flexibility index (Phi) is 5.92. The Morgan fingerprint density at radius 2 is 2.10 bits per heavy atom. The molecule has 1 aliphatic rings. The molecule has 1 fully saturated rings. The number of nitrogens with two attached hydrogens (primary N) is 1. The number of hydrogen-bond acceptors (Lipinski definition) is 5. The summed E-state index contributed by atoms with van der Waals surface area (Å²) in [7, 11) is -3.32. The SMILES string of the molecule is Nc1ccccc1SCCS(=O)(=O)N1CCCCC1CO. The highest BCUT2D eigenvalue weighted by atomic mass is 32.2. The van der Waals surface area contributed by atoms with Gasteiger partial charge in [-0.05, 0) is 25.0 Å². The summed E-state index contributed by atoms with van der Waals surface area (Å²) in [6.07, 6.45) is 2.59. The van der Waals surface area contributed by atoms with E-state index in [1.54, 1.807) is 0 Å². The number of hydrogen-bond donors (Lipinski definition) is 2. The van der Waals surface area contributed by atoms with Gasteiger partial charge in [0.1, 0.15) is 0 Å². The van der Waals surface area contributed by atoms with E-state index in [0.717, 1.165) is 24.2 Å². The largest absolute Gasteiger partial charge is 0.398 e. The number of benzene rings is 1. The molecule has 1 saturated heterocycles. The van der Waals surface area contributed by atoms with Crippen LogP contribution in [0.5, 0.6) is 0 Å². The van der Waals surface area contributed by atoms with E-state index in [0.29, 0.717) is 18.0 Å². The average molecular weight is 330 g/mol. The van der Waals surface area contributed by atoms with Gasteiger partial charge in [-0.1, -0.05) is 18.6 Å². The normalized spacial score (nSPS) is 20.5. The molecule has 0 amide bonds. The zero-order valence-corrected chi connectivity index (χ0v) is 13.6. The number of rotatable bonds is 6. The van der Waals surface area contributed by atoms with Crippen molar-refractivity contribution >= 4 is 27.5 Å². The van der Waals surface area contributed by atoms with E-state index in [2.05, 4.69) is 0 Å². The lowest BCUT2D eigenvalue weighted by atomic mass is 10.1. The van der Waals surface area contributed by atoms with Gasteiger partial charge in [-0.3, -0.25) is 0 Å². The van der Waals surface area contributed by atoms with Crippen molar-refractivity contribution in [1.82, 2.24) is 4.31 Å². The number of para-hydroxylation sites is 1. The van der Waals surface area contributed by atoms with Crippen molar-refractivity contribution in [2.24, 2.45) is 0 Å². The minimum atomic E-state index is -3.32. The van der Waals surface area contributed by atoms with Crippen LogP contribution in [0.1, 0.15) is 19.3 Å². The van der Waals surface area contributed by atoms with Crippen molar-refractivity contribution in [3.05, 3.63) is 24.3 Å². The van der Waals surface area contributed by atoms with E-state index < -0.39 is 10.0 Å². The van der Waals surface area contributed by atoms with Gasteiger partial charge in [0, 0.05) is 28.9 Å². The average Bonchev–Trinajstić information content (AvgIpc) is 2.49. The quantitative estimate of drug-likeness (QED) is 0.610. The molecule has 0 radical (unpaired) electrons. The van der Waals surface area contributed by atoms with Crippen LogP contribution in [0.15, 0.2) is 29.2 Å². The lowest BCUT2D eigenvalue weighted by Gasteiger charge is -2.33. The Balaban J connectivity index is 1.93. The Hall–Kier alpha value is -0.760. The van der Waals surface area contributed by atoms with E-state index in [1.165, 1.54) is 16.1 Å². The predicted octanol–water partition coefficient (Wildman–Crippen LogP) is 1.54. The number of sulfonamides is 1. The third kappa shape index (κ3) is 4.35. The van der Waals surface area contributed by atoms with Gasteiger partial charge in [-0.2, -0.15) is 4.31 Å². The van der Waals surface area contributed by atoms with Crippen LogP contribution in [0.25, 0.3) is 0 Å².